The van der Waals surface area contributed by atoms with Crippen LogP contribution in [0, 0.1) is 5.92 Å². The summed E-state index contributed by atoms with van der Waals surface area (Å²) >= 11 is 0. The molecule has 1 aliphatic heterocycles. The standard InChI is InChI=1S/C19H28N2O4/c1-5-21-12-15(11-18(21)22)19(23)20-13(4)14-8-9-16(24-6-2)17(10-14)25-7-3/h8-10,13,15H,5-7,11-12H2,1-4H3,(H,20,23). The van der Waals surface area contributed by atoms with Gasteiger partial charge in [0.05, 0.1) is 25.2 Å². The molecule has 1 heterocycles. The number of hydrogen-bond acceptors (Lipinski definition) is 4. The zero-order valence-electron chi connectivity index (χ0n) is 15.5. The van der Waals surface area contributed by atoms with Gasteiger partial charge in [0.1, 0.15) is 0 Å². The zero-order chi connectivity index (χ0) is 18.4. The zero-order valence-corrected chi connectivity index (χ0v) is 15.5. The van der Waals surface area contributed by atoms with E-state index in [1.54, 1.807) is 4.90 Å². The Morgan fingerprint density at radius 1 is 1.24 bits per heavy atom. The smallest absolute Gasteiger partial charge is 0.225 e. The number of rotatable bonds is 8. The second-order valence-corrected chi connectivity index (χ2v) is 6.14. The van der Waals surface area contributed by atoms with Crippen molar-refractivity contribution in [2.24, 2.45) is 5.92 Å². The monoisotopic (exact) mass is 348 g/mol. The minimum Gasteiger partial charge on any atom is -0.490 e. The van der Waals surface area contributed by atoms with Crippen LogP contribution in [0.25, 0.3) is 0 Å². The normalized spacial score (nSPS) is 18.2. The second kappa shape index (κ2) is 8.74. The van der Waals surface area contributed by atoms with Crippen molar-refractivity contribution in [2.75, 3.05) is 26.3 Å². The molecule has 2 amide bonds. The van der Waals surface area contributed by atoms with Crippen LogP contribution in [-0.2, 0) is 9.59 Å². The van der Waals surface area contributed by atoms with Gasteiger partial charge in [-0.15, -0.1) is 0 Å². The van der Waals surface area contributed by atoms with Crippen molar-refractivity contribution in [3.05, 3.63) is 23.8 Å². The highest BCUT2D eigenvalue weighted by molar-refractivity contribution is 5.89. The van der Waals surface area contributed by atoms with Crippen LogP contribution in [0.15, 0.2) is 18.2 Å². The lowest BCUT2D eigenvalue weighted by atomic mass is 10.0. The molecule has 2 atom stereocenters. The number of carbonyl (C=O) groups is 2. The van der Waals surface area contributed by atoms with Gasteiger partial charge < -0.3 is 19.7 Å². The molecule has 138 valence electrons. The molecule has 2 rings (SSSR count). The largest absolute Gasteiger partial charge is 0.490 e. The molecule has 6 nitrogen and oxygen atoms in total. The molecule has 25 heavy (non-hydrogen) atoms. The predicted molar refractivity (Wildman–Crippen MR) is 95.7 cm³/mol. The van der Waals surface area contributed by atoms with Crippen molar-refractivity contribution < 1.29 is 19.1 Å². The van der Waals surface area contributed by atoms with Crippen LogP contribution in [0.2, 0.25) is 0 Å². The van der Waals surface area contributed by atoms with Crippen molar-refractivity contribution in [3.63, 3.8) is 0 Å². The Morgan fingerprint density at radius 3 is 2.52 bits per heavy atom. The maximum atomic E-state index is 12.5. The molecule has 2 unspecified atom stereocenters. The Kier molecular flexibility index (Phi) is 6.67. The van der Waals surface area contributed by atoms with Gasteiger partial charge in [-0.05, 0) is 45.4 Å². The molecule has 1 aromatic rings. The maximum Gasteiger partial charge on any atom is 0.225 e. The fourth-order valence-electron chi connectivity index (χ4n) is 3.00. The molecule has 1 aromatic carbocycles. The number of amides is 2. The van der Waals surface area contributed by atoms with Crippen LogP contribution in [0.1, 0.15) is 45.7 Å². The average molecular weight is 348 g/mol. The molecule has 0 bridgehead atoms. The van der Waals surface area contributed by atoms with E-state index < -0.39 is 0 Å². The van der Waals surface area contributed by atoms with E-state index in [2.05, 4.69) is 5.32 Å². The predicted octanol–water partition coefficient (Wildman–Crippen LogP) is 2.53. The fraction of sp³-hybridized carbons (Fsp3) is 0.579. The van der Waals surface area contributed by atoms with E-state index in [0.29, 0.717) is 44.2 Å². The minimum atomic E-state index is -0.274. The average Bonchev–Trinajstić information content (AvgIpc) is 2.98. The highest BCUT2D eigenvalue weighted by Gasteiger charge is 2.33. The van der Waals surface area contributed by atoms with Gasteiger partial charge in [-0.1, -0.05) is 6.07 Å². The molecule has 1 N–H and O–H groups in total. The summed E-state index contributed by atoms with van der Waals surface area (Å²) in [5.41, 5.74) is 0.942. The lowest BCUT2D eigenvalue weighted by molar-refractivity contribution is -0.129. The molecule has 0 spiro atoms. The van der Waals surface area contributed by atoms with Crippen LogP contribution in [0.4, 0.5) is 0 Å². The van der Waals surface area contributed by atoms with Gasteiger partial charge in [0.15, 0.2) is 11.5 Å². The maximum absolute atomic E-state index is 12.5. The number of carbonyl (C=O) groups excluding carboxylic acids is 2. The number of nitrogens with one attached hydrogen (secondary N) is 1. The molecule has 6 heteroatoms. The summed E-state index contributed by atoms with van der Waals surface area (Å²) in [6.45, 7) is 9.96. The lowest BCUT2D eigenvalue weighted by Gasteiger charge is -2.19. The summed E-state index contributed by atoms with van der Waals surface area (Å²) in [5, 5.41) is 3.01. The minimum absolute atomic E-state index is 0.0509. The summed E-state index contributed by atoms with van der Waals surface area (Å²) in [7, 11) is 0. The molecule has 0 aliphatic carbocycles. The van der Waals surface area contributed by atoms with E-state index in [9.17, 15) is 9.59 Å². The summed E-state index contributed by atoms with van der Waals surface area (Å²) < 4.78 is 11.2. The van der Waals surface area contributed by atoms with Gasteiger partial charge in [0.25, 0.3) is 0 Å². The molecular weight excluding hydrogens is 320 g/mol. The van der Waals surface area contributed by atoms with Gasteiger partial charge in [-0.25, -0.2) is 0 Å². The van der Waals surface area contributed by atoms with Crippen molar-refractivity contribution in [1.82, 2.24) is 10.2 Å². The van der Waals surface area contributed by atoms with Crippen LogP contribution < -0.4 is 14.8 Å². The first kappa shape index (κ1) is 19.1. The molecule has 0 radical (unpaired) electrons. The van der Waals surface area contributed by atoms with Crippen molar-refractivity contribution in [2.45, 2.75) is 40.2 Å². The van der Waals surface area contributed by atoms with Crippen LogP contribution >= 0.6 is 0 Å². The van der Waals surface area contributed by atoms with Gasteiger partial charge in [-0.3, -0.25) is 9.59 Å². The third-order valence-electron chi connectivity index (χ3n) is 4.39. The second-order valence-electron chi connectivity index (χ2n) is 6.14. The van der Waals surface area contributed by atoms with Crippen LogP contribution in [-0.4, -0.2) is 43.0 Å². The Morgan fingerprint density at radius 2 is 1.92 bits per heavy atom. The highest BCUT2D eigenvalue weighted by Crippen LogP contribution is 2.31. The molecule has 1 fully saturated rings. The van der Waals surface area contributed by atoms with Crippen molar-refractivity contribution in [3.8, 4) is 11.5 Å². The Hall–Kier alpha value is -2.24. The molecule has 0 saturated carbocycles. The molecule has 1 saturated heterocycles. The number of ether oxygens (including phenoxy) is 2. The number of nitrogens with zero attached hydrogens (tertiary/aromatic N) is 1. The van der Waals surface area contributed by atoms with Crippen LogP contribution in [0.3, 0.4) is 0 Å². The van der Waals surface area contributed by atoms with Crippen LogP contribution in [0.5, 0.6) is 11.5 Å². The van der Waals surface area contributed by atoms with E-state index >= 15 is 0 Å². The quantitative estimate of drug-likeness (QED) is 0.784. The third-order valence-corrected chi connectivity index (χ3v) is 4.39. The van der Waals surface area contributed by atoms with E-state index in [1.807, 2.05) is 45.9 Å². The van der Waals surface area contributed by atoms with E-state index in [1.165, 1.54) is 0 Å². The fourth-order valence-corrected chi connectivity index (χ4v) is 3.00. The number of likely N-dealkylation sites (tertiary alicyclic amines) is 1. The summed E-state index contributed by atoms with van der Waals surface area (Å²) in [4.78, 5) is 26.0. The number of hydrogen-bond donors (Lipinski definition) is 1. The van der Waals surface area contributed by atoms with E-state index in [0.717, 1.165) is 5.56 Å². The summed E-state index contributed by atoms with van der Waals surface area (Å²) in [6.07, 6.45) is 0.292. The first-order valence-corrected chi connectivity index (χ1v) is 8.97. The highest BCUT2D eigenvalue weighted by atomic mass is 16.5. The first-order chi connectivity index (χ1) is 12.0. The van der Waals surface area contributed by atoms with Gasteiger partial charge in [0, 0.05) is 19.5 Å². The van der Waals surface area contributed by atoms with Gasteiger partial charge in [-0.2, -0.15) is 0 Å². The SMILES string of the molecule is CCOc1ccc(C(C)NC(=O)C2CC(=O)N(CC)C2)cc1OCC. The molecule has 1 aliphatic rings. The third kappa shape index (κ3) is 4.65. The van der Waals surface area contributed by atoms with E-state index in [4.69, 9.17) is 9.47 Å². The van der Waals surface area contributed by atoms with Crippen molar-refractivity contribution >= 4 is 11.8 Å². The molecule has 0 aromatic heterocycles. The number of benzene rings is 1. The lowest BCUT2D eigenvalue weighted by Crippen LogP contribution is -2.34. The molecular formula is C19H28N2O4. The Bertz CT molecular complexity index is 617. The topological polar surface area (TPSA) is 67.9 Å². The first-order valence-electron chi connectivity index (χ1n) is 8.97. The van der Waals surface area contributed by atoms with E-state index in [-0.39, 0.29) is 23.8 Å². The summed E-state index contributed by atoms with van der Waals surface area (Å²) in [5.74, 6) is 1.07. The Balaban J connectivity index is 2.05. The van der Waals surface area contributed by atoms with Crippen molar-refractivity contribution in [1.29, 1.82) is 0 Å². The summed E-state index contributed by atoms with van der Waals surface area (Å²) in [6, 6.07) is 5.52. The van der Waals surface area contributed by atoms with Gasteiger partial charge >= 0.3 is 0 Å². The Labute approximate surface area is 149 Å². The van der Waals surface area contributed by atoms with Gasteiger partial charge in [0.2, 0.25) is 11.8 Å².